The van der Waals surface area contributed by atoms with E-state index in [9.17, 15) is 4.79 Å². The van der Waals surface area contributed by atoms with Crippen LogP contribution in [0.3, 0.4) is 0 Å². The second-order valence-corrected chi connectivity index (χ2v) is 5.36. The monoisotopic (exact) mass is 283 g/mol. The molecule has 3 aromatic carbocycles. The van der Waals surface area contributed by atoms with E-state index in [1.54, 1.807) is 6.20 Å². The topological polar surface area (TPSA) is 54.7 Å². The number of urea groups is 1. The molecule has 1 aliphatic rings. The summed E-state index contributed by atoms with van der Waals surface area (Å²) in [4.78, 5) is 23.7. The zero-order valence-electron chi connectivity index (χ0n) is 11.4. The summed E-state index contributed by atoms with van der Waals surface area (Å²) < 4.78 is 0. The molecule has 0 radical (unpaired) electrons. The maximum absolute atomic E-state index is 11.5. The zero-order chi connectivity index (χ0) is 14.7. The lowest BCUT2D eigenvalue weighted by Crippen LogP contribution is -2.21. The average molecular weight is 283 g/mol. The molecular weight excluding hydrogens is 274 g/mol. The Hall–Kier alpha value is -3.14. The standard InChI is InChI=1S/C18H9N3O/c22-18-20-15-6-5-12-13(17(15)21-18)4-3-11-2-1-10-7-8-19-9-14(10)16(11)12/h1-9H. The number of aromatic nitrogens is 1. The van der Waals surface area contributed by atoms with Gasteiger partial charge in [0.2, 0.25) is 0 Å². The van der Waals surface area contributed by atoms with E-state index < -0.39 is 6.03 Å². The number of benzene rings is 3. The summed E-state index contributed by atoms with van der Waals surface area (Å²) >= 11 is 0. The maximum atomic E-state index is 11.5. The molecule has 1 aromatic heterocycles. The molecule has 22 heavy (non-hydrogen) atoms. The van der Waals surface area contributed by atoms with E-state index in [1.165, 1.54) is 0 Å². The third-order valence-corrected chi connectivity index (χ3v) is 4.17. The average Bonchev–Trinajstić information content (AvgIpc) is 2.94. The number of fused-ring (bicyclic) bond motifs is 7. The van der Waals surface area contributed by atoms with Gasteiger partial charge in [-0.1, -0.05) is 30.3 Å². The molecule has 0 aliphatic carbocycles. The smallest absolute Gasteiger partial charge is 0.264 e. The SMILES string of the molecule is O=C1N=c2ccc3c(ccc4ccc5ccncc5c43)c2=N1. The summed E-state index contributed by atoms with van der Waals surface area (Å²) in [6, 6.07) is 13.7. The van der Waals surface area contributed by atoms with Crippen LogP contribution >= 0.6 is 0 Å². The minimum atomic E-state index is -0.429. The van der Waals surface area contributed by atoms with Crippen LogP contribution in [0.5, 0.6) is 0 Å². The molecular formula is C18H9N3O. The van der Waals surface area contributed by atoms with Crippen molar-refractivity contribution in [3.8, 4) is 0 Å². The van der Waals surface area contributed by atoms with Gasteiger partial charge in [0.1, 0.15) is 5.36 Å². The lowest BCUT2D eigenvalue weighted by Gasteiger charge is -2.07. The summed E-state index contributed by atoms with van der Waals surface area (Å²) in [5.74, 6) is 0. The Kier molecular flexibility index (Phi) is 2.07. The van der Waals surface area contributed by atoms with E-state index in [1.807, 2.05) is 30.5 Å². The molecule has 0 atom stereocenters. The van der Waals surface area contributed by atoms with Crippen molar-refractivity contribution in [1.82, 2.24) is 4.98 Å². The van der Waals surface area contributed by atoms with Gasteiger partial charge < -0.3 is 0 Å². The van der Waals surface area contributed by atoms with Gasteiger partial charge in [0.25, 0.3) is 0 Å². The summed E-state index contributed by atoms with van der Waals surface area (Å²) in [6.07, 6.45) is 3.68. The Morgan fingerprint density at radius 3 is 2.50 bits per heavy atom. The fourth-order valence-electron chi connectivity index (χ4n) is 3.21. The summed E-state index contributed by atoms with van der Waals surface area (Å²) in [5.41, 5.74) is 0. The predicted molar refractivity (Wildman–Crippen MR) is 84.5 cm³/mol. The summed E-state index contributed by atoms with van der Waals surface area (Å²) in [6.45, 7) is 0. The fraction of sp³-hybridized carbons (Fsp3) is 0. The summed E-state index contributed by atoms with van der Waals surface area (Å²) in [5, 5.41) is 7.88. The van der Waals surface area contributed by atoms with Crippen LogP contribution < -0.4 is 10.7 Å². The van der Waals surface area contributed by atoms with Crippen LogP contribution in [0.1, 0.15) is 0 Å². The molecule has 0 saturated heterocycles. The number of carbonyl (C=O) groups is 1. The largest absolute Gasteiger partial charge is 0.368 e. The second-order valence-electron chi connectivity index (χ2n) is 5.36. The Labute approximate surface area is 124 Å². The molecule has 0 N–H and O–H groups in total. The van der Waals surface area contributed by atoms with Gasteiger partial charge in [-0.3, -0.25) is 4.98 Å². The molecule has 0 fully saturated rings. The van der Waals surface area contributed by atoms with Crippen LogP contribution in [0, 0.1) is 0 Å². The summed E-state index contributed by atoms with van der Waals surface area (Å²) in [7, 11) is 0. The van der Waals surface area contributed by atoms with Gasteiger partial charge >= 0.3 is 6.03 Å². The number of carbonyl (C=O) groups excluding carboxylic acids is 1. The zero-order valence-corrected chi connectivity index (χ0v) is 11.4. The van der Waals surface area contributed by atoms with Crippen molar-refractivity contribution < 1.29 is 4.79 Å². The highest BCUT2D eigenvalue weighted by Crippen LogP contribution is 2.30. The first kappa shape index (κ1) is 11.5. The van der Waals surface area contributed by atoms with Gasteiger partial charge in [0.15, 0.2) is 0 Å². The lowest BCUT2D eigenvalue weighted by molar-refractivity contribution is 0.257. The van der Waals surface area contributed by atoms with Crippen molar-refractivity contribution in [3.05, 3.63) is 65.6 Å². The first-order valence-electron chi connectivity index (χ1n) is 7.01. The minimum Gasteiger partial charge on any atom is -0.264 e. The van der Waals surface area contributed by atoms with E-state index in [0.717, 1.165) is 32.3 Å². The van der Waals surface area contributed by atoms with E-state index in [4.69, 9.17) is 0 Å². The molecule has 102 valence electrons. The van der Waals surface area contributed by atoms with E-state index in [0.29, 0.717) is 10.7 Å². The van der Waals surface area contributed by atoms with Crippen LogP contribution in [0.2, 0.25) is 0 Å². The molecule has 2 heterocycles. The highest BCUT2D eigenvalue weighted by atomic mass is 16.2. The van der Waals surface area contributed by atoms with E-state index in [-0.39, 0.29) is 0 Å². The molecule has 0 saturated carbocycles. The molecule has 4 nitrogen and oxygen atoms in total. The third-order valence-electron chi connectivity index (χ3n) is 4.17. The molecule has 2 amide bonds. The normalized spacial score (nSPS) is 13.4. The van der Waals surface area contributed by atoms with Gasteiger partial charge in [-0.15, -0.1) is 0 Å². The number of nitrogens with zero attached hydrogens (tertiary/aromatic N) is 3. The Bertz CT molecular complexity index is 1240. The van der Waals surface area contributed by atoms with Gasteiger partial charge in [-0.25, -0.2) is 4.79 Å². The van der Waals surface area contributed by atoms with Crippen LogP contribution in [0.25, 0.3) is 32.3 Å². The second kappa shape index (κ2) is 3.95. The predicted octanol–water partition coefficient (Wildman–Crippen LogP) is 2.91. The van der Waals surface area contributed by atoms with Crippen LogP contribution in [-0.2, 0) is 0 Å². The molecule has 1 aliphatic heterocycles. The maximum Gasteiger partial charge on any atom is 0.368 e. The highest BCUT2D eigenvalue weighted by molar-refractivity contribution is 6.19. The Morgan fingerprint density at radius 2 is 1.55 bits per heavy atom. The van der Waals surface area contributed by atoms with Crippen molar-refractivity contribution in [1.29, 1.82) is 0 Å². The highest BCUT2D eigenvalue weighted by Gasteiger charge is 2.11. The first-order chi connectivity index (χ1) is 10.8. The van der Waals surface area contributed by atoms with Crippen LogP contribution in [-0.4, -0.2) is 11.0 Å². The fourth-order valence-corrected chi connectivity index (χ4v) is 3.21. The third kappa shape index (κ3) is 1.41. The molecule has 5 rings (SSSR count). The van der Waals surface area contributed by atoms with Crippen LogP contribution in [0.4, 0.5) is 4.79 Å². The van der Waals surface area contributed by atoms with Gasteiger partial charge in [0, 0.05) is 23.2 Å². The van der Waals surface area contributed by atoms with Crippen molar-refractivity contribution in [2.45, 2.75) is 0 Å². The molecule has 4 aromatic rings. The number of hydrogen-bond donors (Lipinski definition) is 0. The van der Waals surface area contributed by atoms with E-state index in [2.05, 4.69) is 33.2 Å². The van der Waals surface area contributed by atoms with Crippen LogP contribution in [0.15, 0.2) is 64.8 Å². The minimum absolute atomic E-state index is 0.429. The van der Waals surface area contributed by atoms with Crippen molar-refractivity contribution in [3.63, 3.8) is 0 Å². The Morgan fingerprint density at radius 1 is 0.727 bits per heavy atom. The van der Waals surface area contributed by atoms with Crippen molar-refractivity contribution >= 4 is 38.3 Å². The lowest BCUT2D eigenvalue weighted by atomic mass is 9.97. The van der Waals surface area contributed by atoms with E-state index >= 15 is 0 Å². The number of amides is 2. The number of pyridine rings is 1. The van der Waals surface area contributed by atoms with Crippen molar-refractivity contribution in [2.75, 3.05) is 0 Å². The molecule has 0 unspecified atom stereocenters. The Balaban J connectivity index is 2.13. The molecule has 0 bridgehead atoms. The number of hydrogen-bond acceptors (Lipinski definition) is 2. The van der Waals surface area contributed by atoms with Gasteiger partial charge in [-0.2, -0.15) is 9.98 Å². The van der Waals surface area contributed by atoms with Gasteiger partial charge in [0.05, 0.1) is 5.36 Å². The quantitative estimate of drug-likeness (QED) is 0.466. The van der Waals surface area contributed by atoms with Crippen molar-refractivity contribution in [2.24, 2.45) is 9.98 Å². The molecule has 4 heteroatoms. The number of rotatable bonds is 0. The first-order valence-corrected chi connectivity index (χ1v) is 7.01. The molecule has 0 spiro atoms. The van der Waals surface area contributed by atoms with Gasteiger partial charge in [-0.05, 0) is 33.7 Å².